The summed E-state index contributed by atoms with van der Waals surface area (Å²) in [6, 6.07) is 1.70. The number of rotatable bonds is 1. The smallest absolute Gasteiger partial charge is 0.173 e. The van der Waals surface area contributed by atoms with Gasteiger partial charge in [-0.2, -0.15) is 0 Å². The number of hydrogen-bond donors (Lipinski definition) is 1. The van der Waals surface area contributed by atoms with E-state index in [2.05, 4.69) is 4.98 Å². The van der Waals surface area contributed by atoms with Crippen molar-refractivity contribution < 1.29 is 9.90 Å². The van der Waals surface area contributed by atoms with Crippen LogP contribution < -0.4 is 0 Å². The molecule has 1 N–H and O–H groups in total. The highest BCUT2D eigenvalue weighted by atomic mass is 32.1. The van der Waals surface area contributed by atoms with Crippen LogP contribution in [-0.4, -0.2) is 15.9 Å². The molecule has 0 aliphatic heterocycles. The number of aromatic nitrogens is 1. The van der Waals surface area contributed by atoms with Gasteiger partial charge in [0.05, 0.1) is 4.70 Å². The average molecular weight is 193 g/mol. The van der Waals surface area contributed by atoms with Crippen LogP contribution >= 0.6 is 11.3 Å². The molecule has 2 rings (SSSR count). The third-order valence-electron chi connectivity index (χ3n) is 1.79. The number of carbonyl (C=O) groups is 1. The Hall–Kier alpha value is -1.42. The number of thiophene rings is 1. The van der Waals surface area contributed by atoms with Crippen molar-refractivity contribution in [2.24, 2.45) is 0 Å². The van der Waals surface area contributed by atoms with E-state index in [0.29, 0.717) is 10.3 Å². The van der Waals surface area contributed by atoms with Gasteiger partial charge in [-0.3, -0.25) is 9.78 Å². The highest BCUT2D eigenvalue weighted by Crippen LogP contribution is 2.36. The van der Waals surface area contributed by atoms with Crippen molar-refractivity contribution in [2.45, 2.75) is 6.92 Å². The SMILES string of the molecule is CC(=O)c1sc2cnccc2c1O. The van der Waals surface area contributed by atoms with Crippen LogP contribution in [-0.2, 0) is 0 Å². The number of fused-ring (bicyclic) bond motifs is 1. The van der Waals surface area contributed by atoms with Crippen LogP contribution in [0.3, 0.4) is 0 Å². The van der Waals surface area contributed by atoms with E-state index in [-0.39, 0.29) is 11.5 Å². The number of carbonyl (C=O) groups excluding carboxylic acids is 1. The van der Waals surface area contributed by atoms with Gasteiger partial charge in [-0.25, -0.2) is 0 Å². The second kappa shape index (κ2) is 2.81. The Morgan fingerprint density at radius 2 is 2.38 bits per heavy atom. The van der Waals surface area contributed by atoms with E-state index in [1.807, 2.05) is 0 Å². The molecule has 66 valence electrons. The lowest BCUT2D eigenvalue weighted by Gasteiger charge is -1.89. The lowest BCUT2D eigenvalue weighted by atomic mass is 10.2. The molecule has 3 nitrogen and oxygen atoms in total. The minimum absolute atomic E-state index is 0.0786. The number of ketones is 1. The molecule has 4 heteroatoms. The molecule has 2 aromatic heterocycles. The predicted octanol–water partition coefficient (Wildman–Crippen LogP) is 2.20. The van der Waals surface area contributed by atoms with Gasteiger partial charge in [-0.1, -0.05) is 0 Å². The van der Waals surface area contributed by atoms with Gasteiger partial charge in [0.2, 0.25) is 0 Å². The molecule has 0 aromatic carbocycles. The van der Waals surface area contributed by atoms with Crippen molar-refractivity contribution in [3.63, 3.8) is 0 Å². The van der Waals surface area contributed by atoms with Crippen LogP contribution in [0.2, 0.25) is 0 Å². The molecular formula is C9H7NO2S. The minimum Gasteiger partial charge on any atom is -0.506 e. The number of aromatic hydroxyl groups is 1. The second-order valence-corrected chi connectivity index (χ2v) is 3.76. The summed E-state index contributed by atoms with van der Waals surface area (Å²) < 4.78 is 0.838. The molecule has 2 aromatic rings. The van der Waals surface area contributed by atoms with Gasteiger partial charge >= 0.3 is 0 Å². The van der Waals surface area contributed by atoms with Gasteiger partial charge in [0.15, 0.2) is 5.78 Å². The highest BCUT2D eigenvalue weighted by Gasteiger charge is 2.13. The molecule has 0 radical (unpaired) electrons. The molecule has 0 amide bonds. The molecule has 0 saturated carbocycles. The normalized spacial score (nSPS) is 10.5. The van der Waals surface area contributed by atoms with Crippen molar-refractivity contribution in [1.29, 1.82) is 0 Å². The second-order valence-electron chi connectivity index (χ2n) is 2.71. The van der Waals surface area contributed by atoms with Gasteiger partial charge in [0, 0.05) is 24.7 Å². The zero-order valence-electron chi connectivity index (χ0n) is 6.94. The van der Waals surface area contributed by atoms with E-state index < -0.39 is 0 Å². The fraction of sp³-hybridized carbons (Fsp3) is 0.111. The van der Waals surface area contributed by atoms with Crippen molar-refractivity contribution in [3.05, 3.63) is 23.3 Å². The van der Waals surface area contributed by atoms with Crippen molar-refractivity contribution >= 4 is 27.2 Å². The maximum atomic E-state index is 11.1. The summed E-state index contributed by atoms with van der Waals surface area (Å²) in [5.74, 6) is -0.0337. The molecule has 0 aliphatic carbocycles. The maximum Gasteiger partial charge on any atom is 0.173 e. The first-order chi connectivity index (χ1) is 6.20. The Bertz CT molecular complexity index is 475. The Morgan fingerprint density at radius 1 is 1.62 bits per heavy atom. The lowest BCUT2D eigenvalue weighted by molar-refractivity contribution is 0.101. The topological polar surface area (TPSA) is 50.2 Å². The van der Waals surface area contributed by atoms with Crippen LogP contribution in [0.5, 0.6) is 5.75 Å². The molecule has 0 spiro atoms. The minimum atomic E-state index is -0.112. The van der Waals surface area contributed by atoms with E-state index in [4.69, 9.17) is 0 Å². The third-order valence-corrected chi connectivity index (χ3v) is 3.02. The first-order valence-electron chi connectivity index (χ1n) is 3.76. The zero-order chi connectivity index (χ0) is 9.42. The van der Waals surface area contributed by atoms with Gasteiger partial charge < -0.3 is 5.11 Å². The largest absolute Gasteiger partial charge is 0.506 e. The molecule has 0 aliphatic rings. The summed E-state index contributed by atoms with van der Waals surface area (Å²) in [6.07, 6.45) is 3.24. The quantitative estimate of drug-likeness (QED) is 0.706. The van der Waals surface area contributed by atoms with E-state index in [1.54, 1.807) is 18.5 Å². The summed E-state index contributed by atoms with van der Waals surface area (Å²) in [4.78, 5) is 15.4. The number of nitrogens with zero attached hydrogens (tertiary/aromatic N) is 1. The molecule has 13 heavy (non-hydrogen) atoms. The summed E-state index contributed by atoms with van der Waals surface area (Å²) >= 11 is 1.27. The molecule has 0 unspecified atom stereocenters. The van der Waals surface area contributed by atoms with Gasteiger partial charge in [-0.05, 0) is 6.07 Å². The Morgan fingerprint density at radius 3 is 3.00 bits per heavy atom. The number of Topliss-reactive ketones (excluding diaryl/α,β-unsaturated/α-hetero) is 1. The lowest BCUT2D eigenvalue weighted by Crippen LogP contribution is -1.85. The molecule has 0 atom stereocenters. The Kier molecular flexibility index (Phi) is 1.77. The predicted molar refractivity (Wildman–Crippen MR) is 51.3 cm³/mol. The molecule has 0 fully saturated rings. The van der Waals surface area contributed by atoms with Gasteiger partial charge in [0.1, 0.15) is 10.6 Å². The number of pyridine rings is 1. The van der Waals surface area contributed by atoms with E-state index in [9.17, 15) is 9.90 Å². The molecule has 2 heterocycles. The first-order valence-corrected chi connectivity index (χ1v) is 4.58. The maximum absolute atomic E-state index is 11.1. The molecule has 0 saturated heterocycles. The standard InChI is InChI=1S/C9H7NO2S/c1-5(11)9-8(12)6-2-3-10-4-7(6)13-9/h2-4,12H,1H3. The summed E-state index contributed by atoms with van der Waals surface area (Å²) in [6.45, 7) is 1.44. The summed E-state index contributed by atoms with van der Waals surface area (Å²) in [7, 11) is 0. The number of hydrogen-bond acceptors (Lipinski definition) is 4. The fourth-order valence-electron chi connectivity index (χ4n) is 1.18. The van der Waals surface area contributed by atoms with E-state index in [1.165, 1.54) is 18.3 Å². The summed E-state index contributed by atoms with van der Waals surface area (Å²) in [5, 5.41) is 10.3. The van der Waals surface area contributed by atoms with E-state index in [0.717, 1.165) is 4.70 Å². The van der Waals surface area contributed by atoms with Gasteiger partial charge in [-0.15, -0.1) is 11.3 Å². The van der Waals surface area contributed by atoms with Crippen LogP contribution in [0.15, 0.2) is 18.5 Å². The molecular weight excluding hydrogens is 186 g/mol. The van der Waals surface area contributed by atoms with Crippen LogP contribution in [0.25, 0.3) is 10.1 Å². The van der Waals surface area contributed by atoms with Crippen LogP contribution in [0, 0.1) is 0 Å². The molecule has 0 bridgehead atoms. The van der Waals surface area contributed by atoms with Crippen LogP contribution in [0.1, 0.15) is 16.6 Å². The van der Waals surface area contributed by atoms with Crippen molar-refractivity contribution in [2.75, 3.05) is 0 Å². The third kappa shape index (κ3) is 1.19. The monoisotopic (exact) mass is 193 g/mol. The van der Waals surface area contributed by atoms with Gasteiger partial charge in [0.25, 0.3) is 0 Å². The summed E-state index contributed by atoms with van der Waals surface area (Å²) in [5.41, 5.74) is 0. The Labute approximate surface area is 78.7 Å². The zero-order valence-corrected chi connectivity index (χ0v) is 7.76. The van der Waals surface area contributed by atoms with Crippen molar-refractivity contribution in [1.82, 2.24) is 4.98 Å². The Balaban J connectivity index is 2.81. The fourth-order valence-corrected chi connectivity index (χ4v) is 2.13. The van der Waals surface area contributed by atoms with E-state index >= 15 is 0 Å². The van der Waals surface area contributed by atoms with Crippen molar-refractivity contribution in [3.8, 4) is 5.75 Å². The average Bonchev–Trinajstić information content (AvgIpc) is 2.45. The van der Waals surface area contributed by atoms with Crippen LogP contribution in [0.4, 0.5) is 0 Å². The first kappa shape index (κ1) is 8.19. The highest BCUT2D eigenvalue weighted by molar-refractivity contribution is 7.21.